The molecule has 1 aromatic carbocycles. The molecular weight excluding hydrogens is 352 g/mol. The van der Waals surface area contributed by atoms with Gasteiger partial charge in [-0.25, -0.2) is 0 Å². The van der Waals surface area contributed by atoms with Crippen LogP contribution < -0.4 is 14.8 Å². The Morgan fingerprint density at radius 2 is 1.77 bits per heavy atom. The summed E-state index contributed by atoms with van der Waals surface area (Å²) in [6, 6.07) is 8.88. The maximum absolute atomic E-state index is 12.6. The molecule has 1 N–H and O–H groups in total. The first-order chi connectivity index (χ1) is 12.6. The van der Waals surface area contributed by atoms with Gasteiger partial charge in [0.2, 0.25) is 0 Å². The highest BCUT2D eigenvalue weighted by Gasteiger charge is 2.25. The number of likely N-dealkylation sites (tertiary alicyclic amines) is 1. The molecule has 6 nitrogen and oxygen atoms in total. The van der Waals surface area contributed by atoms with E-state index in [-0.39, 0.29) is 17.9 Å². The van der Waals surface area contributed by atoms with Gasteiger partial charge in [0.1, 0.15) is 11.5 Å². The van der Waals surface area contributed by atoms with Crippen molar-refractivity contribution < 1.29 is 19.1 Å². The lowest BCUT2D eigenvalue weighted by molar-refractivity contribution is 0.0702. The normalized spacial score (nSPS) is 14.8. The van der Waals surface area contributed by atoms with E-state index in [4.69, 9.17) is 9.47 Å². The summed E-state index contributed by atoms with van der Waals surface area (Å²) < 4.78 is 10.4. The number of piperidine rings is 1. The monoisotopic (exact) mass is 374 g/mol. The van der Waals surface area contributed by atoms with Crippen LogP contribution in [0.25, 0.3) is 0 Å². The Morgan fingerprint density at radius 1 is 1.12 bits per heavy atom. The van der Waals surface area contributed by atoms with Crippen LogP contribution in [0.5, 0.6) is 11.5 Å². The second kappa shape index (κ2) is 8.23. The quantitative estimate of drug-likeness (QED) is 0.874. The number of benzene rings is 1. The van der Waals surface area contributed by atoms with Gasteiger partial charge in [-0.05, 0) is 36.4 Å². The van der Waals surface area contributed by atoms with E-state index in [1.165, 1.54) is 11.3 Å². The number of thiophene rings is 1. The fourth-order valence-corrected chi connectivity index (χ4v) is 3.68. The molecule has 2 amide bonds. The molecular formula is C19H22N2O4S. The molecule has 1 aliphatic heterocycles. The van der Waals surface area contributed by atoms with Gasteiger partial charge in [-0.3, -0.25) is 9.59 Å². The molecule has 1 saturated heterocycles. The highest BCUT2D eigenvalue weighted by atomic mass is 32.1. The molecule has 0 atom stereocenters. The standard InChI is InChI=1S/C19H22N2O4S/c1-24-15-10-13(11-16(12-15)25-2)18(22)20-14-5-7-21(8-6-14)19(23)17-4-3-9-26-17/h3-4,9-12,14H,5-8H2,1-2H3,(H,20,22). The summed E-state index contributed by atoms with van der Waals surface area (Å²) in [5.74, 6) is 1.06. The fourth-order valence-electron chi connectivity index (χ4n) is 2.99. The van der Waals surface area contributed by atoms with Crippen molar-refractivity contribution in [1.82, 2.24) is 10.2 Å². The van der Waals surface area contributed by atoms with Gasteiger partial charge in [0.15, 0.2) is 0 Å². The first-order valence-corrected chi connectivity index (χ1v) is 9.35. The molecule has 1 aromatic heterocycles. The minimum absolute atomic E-state index is 0.0482. The van der Waals surface area contributed by atoms with Crippen molar-refractivity contribution in [3.63, 3.8) is 0 Å². The van der Waals surface area contributed by atoms with Crippen LogP contribution in [0.1, 0.15) is 32.9 Å². The molecule has 0 bridgehead atoms. The Morgan fingerprint density at radius 3 is 2.31 bits per heavy atom. The lowest BCUT2D eigenvalue weighted by atomic mass is 10.0. The molecule has 1 aliphatic rings. The predicted molar refractivity (Wildman–Crippen MR) is 100 cm³/mol. The first-order valence-electron chi connectivity index (χ1n) is 8.47. The van der Waals surface area contributed by atoms with Gasteiger partial charge in [0.05, 0.1) is 19.1 Å². The number of methoxy groups -OCH3 is 2. The minimum atomic E-state index is -0.162. The zero-order chi connectivity index (χ0) is 18.5. The van der Waals surface area contributed by atoms with Crippen molar-refractivity contribution in [2.75, 3.05) is 27.3 Å². The van der Waals surface area contributed by atoms with Crippen LogP contribution in [0.4, 0.5) is 0 Å². The largest absolute Gasteiger partial charge is 0.497 e. The van der Waals surface area contributed by atoms with Gasteiger partial charge in [0, 0.05) is 30.8 Å². The van der Waals surface area contributed by atoms with Gasteiger partial charge >= 0.3 is 0 Å². The Kier molecular flexibility index (Phi) is 5.78. The van der Waals surface area contributed by atoms with E-state index in [9.17, 15) is 9.59 Å². The summed E-state index contributed by atoms with van der Waals surface area (Å²) >= 11 is 1.46. The number of hydrogen-bond acceptors (Lipinski definition) is 5. The fraction of sp³-hybridized carbons (Fsp3) is 0.368. The van der Waals surface area contributed by atoms with Crippen molar-refractivity contribution in [3.8, 4) is 11.5 Å². The highest BCUT2D eigenvalue weighted by molar-refractivity contribution is 7.12. The van der Waals surface area contributed by atoms with Gasteiger partial charge in [-0.2, -0.15) is 0 Å². The maximum Gasteiger partial charge on any atom is 0.263 e. The molecule has 0 saturated carbocycles. The lowest BCUT2D eigenvalue weighted by Crippen LogP contribution is -2.46. The van der Waals surface area contributed by atoms with E-state index in [1.807, 2.05) is 22.4 Å². The van der Waals surface area contributed by atoms with E-state index in [2.05, 4.69) is 5.32 Å². The average Bonchev–Trinajstić information content (AvgIpc) is 3.22. The second-order valence-electron chi connectivity index (χ2n) is 6.12. The Balaban J connectivity index is 1.57. The summed E-state index contributed by atoms with van der Waals surface area (Å²) in [6.45, 7) is 1.28. The molecule has 138 valence electrons. The maximum atomic E-state index is 12.6. The van der Waals surface area contributed by atoms with Crippen LogP contribution in [-0.4, -0.2) is 50.1 Å². The van der Waals surface area contributed by atoms with Crippen LogP contribution in [0, 0.1) is 0 Å². The van der Waals surface area contributed by atoms with E-state index in [1.54, 1.807) is 32.4 Å². The summed E-state index contributed by atoms with van der Waals surface area (Å²) in [7, 11) is 3.10. The zero-order valence-electron chi connectivity index (χ0n) is 14.9. The number of ether oxygens (including phenoxy) is 2. The average molecular weight is 374 g/mol. The molecule has 26 heavy (non-hydrogen) atoms. The number of hydrogen-bond donors (Lipinski definition) is 1. The minimum Gasteiger partial charge on any atom is -0.497 e. The number of carbonyl (C=O) groups excluding carboxylic acids is 2. The van der Waals surface area contributed by atoms with Crippen molar-refractivity contribution in [2.24, 2.45) is 0 Å². The molecule has 2 aromatic rings. The van der Waals surface area contributed by atoms with Crippen molar-refractivity contribution in [2.45, 2.75) is 18.9 Å². The van der Waals surface area contributed by atoms with Gasteiger partial charge in [-0.1, -0.05) is 6.07 Å². The van der Waals surface area contributed by atoms with Gasteiger partial charge < -0.3 is 19.7 Å². The number of nitrogens with one attached hydrogen (secondary N) is 1. The molecule has 3 rings (SSSR count). The van der Waals surface area contributed by atoms with Crippen molar-refractivity contribution in [1.29, 1.82) is 0 Å². The lowest BCUT2D eigenvalue weighted by Gasteiger charge is -2.32. The number of amides is 2. The molecule has 2 heterocycles. The third-order valence-electron chi connectivity index (χ3n) is 4.46. The smallest absolute Gasteiger partial charge is 0.263 e. The predicted octanol–water partition coefficient (Wildman–Crippen LogP) is 2.80. The second-order valence-corrected chi connectivity index (χ2v) is 7.07. The summed E-state index contributed by atoms with van der Waals surface area (Å²) in [4.78, 5) is 27.5. The van der Waals surface area contributed by atoms with Gasteiger partial charge in [-0.15, -0.1) is 11.3 Å². The highest BCUT2D eigenvalue weighted by Crippen LogP contribution is 2.23. The van der Waals surface area contributed by atoms with Crippen LogP contribution in [0.15, 0.2) is 35.7 Å². The van der Waals surface area contributed by atoms with Crippen molar-refractivity contribution in [3.05, 3.63) is 46.2 Å². The molecule has 0 aliphatic carbocycles. The Hall–Kier alpha value is -2.54. The molecule has 0 unspecified atom stereocenters. The SMILES string of the molecule is COc1cc(OC)cc(C(=O)NC2CCN(C(=O)c3cccs3)CC2)c1. The summed E-state index contributed by atoms with van der Waals surface area (Å²) in [5, 5.41) is 4.95. The van der Waals surface area contributed by atoms with E-state index < -0.39 is 0 Å². The van der Waals surface area contributed by atoms with Gasteiger partial charge in [0.25, 0.3) is 11.8 Å². The Labute approximate surface area is 156 Å². The van der Waals surface area contributed by atoms with Crippen LogP contribution >= 0.6 is 11.3 Å². The number of rotatable bonds is 5. The molecule has 0 spiro atoms. The molecule has 0 radical (unpaired) electrons. The third kappa shape index (κ3) is 4.16. The zero-order valence-corrected chi connectivity index (χ0v) is 15.7. The van der Waals surface area contributed by atoms with Crippen LogP contribution in [-0.2, 0) is 0 Å². The van der Waals surface area contributed by atoms with E-state index in [0.29, 0.717) is 30.2 Å². The number of carbonyl (C=O) groups is 2. The van der Waals surface area contributed by atoms with Crippen LogP contribution in [0.3, 0.4) is 0 Å². The summed E-state index contributed by atoms with van der Waals surface area (Å²) in [6.07, 6.45) is 1.48. The summed E-state index contributed by atoms with van der Waals surface area (Å²) in [5.41, 5.74) is 0.498. The third-order valence-corrected chi connectivity index (χ3v) is 5.32. The topological polar surface area (TPSA) is 67.9 Å². The molecule has 7 heteroatoms. The Bertz CT molecular complexity index is 746. The number of nitrogens with zero attached hydrogens (tertiary/aromatic N) is 1. The molecule has 1 fully saturated rings. The van der Waals surface area contributed by atoms with E-state index >= 15 is 0 Å². The van der Waals surface area contributed by atoms with Crippen molar-refractivity contribution >= 4 is 23.2 Å². The first kappa shape index (κ1) is 18.3. The van der Waals surface area contributed by atoms with E-state index in [0.717, 1.165) is 17.7 Å². The van der Waals surface area contributed by atoms with Crippen LogP contribution in [0.2, 0.25) is 0 Å².